The first kappa shape index (κ1) is 15.3. The quantitative estimate of drug-likeness (QED) is 0.750. The van der Waals surface area contributed by atoms with Gasteiger partial charge in [0.2, 0.25) is 15.0 Å². The number of sulfonamides is 1. The lowest BCUT2D eigenvalue weighted by molar-refractivity contribution is 0.581. The van der Waals surface area contributed by atoms with E-state index in [1.807, 2.05) is 6.92 Å². The van der Waals surface area contributed by atoms with E-state index in [1.54, 1.807) is 22.7 Å². The molecule has 0 radical (unpaired) electrons. The molecule has 0 atom stereocenters. The van der Waals surface area contributed by atoms with E-state index in [2.05, 4.69) is 20.0 Å². The lowest BCUT2D eigenvalue weighted by atomic mass is 10.4. The van der Waals surface area contributed by atoms with Gasteiger partial charge in [-0.25, -0.2) is 13.1 Å². The van der Waals surface area contributed by atoms with E-state index in [0.717, 1.165) is 5.01 Å². The van der Waals surface area contributed by atoms with Crippen LogP contribution in [0.15, 0.2) is 29.2 Å². The Hall–Kier alpha value is -1.55. The smallest absolute Gasteiger partial charge is 0.211 e. The van der Waals surface area contributed by atoms with Crippen LogP contribution in [0.3, 0.4) is 0 Å². The summed E-state index contributed by atoms with van der Waals surface area (Å²) < 4.78 is 28.5. The molecule has 0 spiro atoms. The number of benzene rings is 1. The first-order chi connectivity index (χ1) is 10.5. The SMILES string of the molecule is Cc1nnc2sc(CCNS(=O)(=O)c3ccccc3Cl)nn12. The van der Waals surface area contributed by atoms with Gasteiger partial charge in [-0.3, -0.25) is 0 Å². The van der Waals surface area contributed by atoms with Gasteiger partial charge < -0.3 is 0 Å². The normalized spacial score (nSPS) is 12.1. The molecule has 1 aromatic carbocycles. The topological polar surface area (TPSA) is 89.2 Å². The van der Waals surface area contributed by atoms with Gasteiger partial charge in [0.15, 0.2) is 5.82 Å². The number of halogens is 1. The average Bonchev–Trinajstić information content (AvgIpc) is 3.01. The summed E-state index contributed by atoms with van der Waals surface area (Å²) in [5.74, 6) is 0.703. The van der Waals surface area contributed by atoms with Crippen LogP contribution in [0.25, 0.3) is 4.96 Å². The maximum atomic E-state index is 12.2. The minimum atomic E-state index is -3.63. The molecule has 0 unspecified atom stereocenters. The van der Waals surface area contributed by atoms with E-state index in [1.165, 1.54) is 17.4 Å². The Morgan fingerprint density at radius 3 is 2.82 bits per heavy atom. The van der Waals surface area contributed by atoms with Gasteiger partial charge in [-0.2, -0.15) is 9.61 Å². The zero-order chi connectivity index (χ0) is 15.7. The highest BCUT2D eigenvalue weighted by molar-refractivity contribution is 7.89. The molecule has 7 nitrogen and oxygen atoms in total. The molecule has 3 rings (SSSR count). The average molecular weight is 358 g/mol. The molecule has 1 N–H and O–H groups in total. The molecule has 3 aromatic rings. The molecule has 0 aliphatic carbocycles. The van der Waals surface area contributed by atoms with E-state index in [9.17, 15) is 8.42 Å². The van der Waals surface area contributed by atoms with Crippen molar-refractivity contribution in [3.8, 4) is 0 Å². The van der Waals surface area contributed by atoms with Crippen molar-refractivity contribution >= 4 is 37.9 Å². The van der Waals surface area contributed by atoms with Crippen LogP contribution in [-0.2, 0) is 16.4 Å². The van der Waals surface area contributed by atoms with Crippen LogP contribution < -0.4 is 4.72 Å². The molecule has 2 aromatic heterocycles. The van der Waals surface area contributed by atoms with E-state index in [-0.39, 0.29) is 16.5 Å². The minimum Gasteiger partial charge on any atom is -0.211 e. The van der Waals surface area contributed by atoms with Gasteiger partial charge in [0.25, 0.3) is 0 Å². The molecule has 22 heavy (non-hydrogen) atoms. The number of fused-ring (bicyclic) bond motifs is 1. The fourth-order valence-electron chi connectivity index (χ4n) is 1.89. The van der Waals surface area contributed by atoms with Crippen molar-refractivity contribution in [2.24, 2.45) is 0 Å². The van der Waals surface area contributed by atoms with Crippen LogP contribution in [0.4, 0.5) is 0 Å². The molecule has 0 aliphatic rings. The number of hydrogen-bond acceptors (Lipinski definition) is 6. The van der Waals surface area contributed by atoms with Crippen LogP contribution in [-0.4, -0.2) is 34.8 Å². The Bertz CT molecular complexity index is 919. The number of nitrogens with zero attached hydrogens (tertiary/aromatic N) is 4. The third-order valence-electron chi connectivity index (χ3n) is 2.95. The van der Waals surface area contributed by atoms with Crippen molar-refractivity contribution in [3.63, 3.8) is 0 Å². The summed E-state index contributed by atoms with van der Waals surface area (Å²) in [5, 5.41) is 13.2. The van der Waals surface area contributed by atoms with E-state index in [0.29, 0.717) is 17.2 Å². The predicted molar refractivity (Wildman–Crippen MR) is 83.7 cm³/mol. The predicted octanol–water partition coefficient (Wildman–Crippen LogP) is 1.67. The minimum absolute atomic E-state index is 0.0747. The summed E-state index contributed by atoms with van der Waals surface area (Å²) in [7, 11) is -3.63. The van der Waals surface area contributed by atoms with E-state index < -0.39 is 10.0 Å². The summed E-state index contributed by atoms with van der Waals surface area (Å²) in [5.41, 5.74) is 0. The van der Waals surface area contributed by atoms with Gasteiger partial charge in [-0.1, -0.05) is 35.1 Å². The number of aryl methyl sites for hydroxylation is 1. The summed E-state index contributed by atoms with van der Waals surface area (Å²) in [6.45, 7) is 2.04. The van der Waals surface area contributed by atoms with Crippen molar-refractivity contribution in [1.29, 1.82) is 0 Å². The summed E-state index contributed by atoms with van der Waals surface area (Å²) in [4.78, 5) is 0.770. The third kappa shape index (κ3) is 2.98. The fourth-order valence-corrected chi connectivity index (χ4v) is 4.32. The van der Waals surface area contributed by atoms with Crippen LogP contribution in [0.1, 0.15) is 10.8 Å². The highest BCUT2D eigenvalue weighted by Gasteiger charge is 2.17. The van der Waals surface area contributed by atoms with Crippen LogP contribution in [0.5, 0.6) is 0 Å². The second-order valence-electron chi connectivity index (χ2n) is 4.52. The second kappa shape index (κ2) is 5.92. The summed E-state index contributed by atoms with van der Waals surface area (Å²) in [6, 6.07) is 6.33. The van der Waals surface area contributed by atoms with Crippen molar-refractivity contribution in [2.75, 3.05) is 6.54 Å². The first-order valence-corrected chi connectivity index (χ1v) is 9.07. The fraction of sp³-hybridized carbons (Fsp3) is 0.250. The molecule has 0 amide bonds. The van der Waals surface area contributed by atoms with E-state index in [4.69, 9.17) is 11.6 Å². The Morgan fingerprint density at radius 1 is 1.32 bits per heavy atom. The van der Waals surface area contributed by atoms with Crippen molar-refractivity contribution in [2.45, 2.75) is 18.2 Å². The molecular weight excluding hydrogens is 346 g/mol. The second-order valence-corrected chi connectivity index (χ2v) is 7.70. The summed E-state index contributed by atoms with van der Waals surface area (Å²) >= 11 is 7.30. The van der Waals surface area contributed by atoms with Gasteiger partial charge in [-0.15, -0.1) is 10.2 Å². The lowest BCUT2D eigenvalue weighted by Crippen LogP contribution is -2.26. The van der Waals surface area contributed by atoms with E-state index >= 15 is 0 Å². The number of hydrogen-bond donors (Lipinski definition) is 1. The highest BCUT2D eigenvalue weighted by atomic mass is 35.5. The first-order valence-electron chi connectivity index (χ1n) is 6.39. The molecule has 0 aliphatic heterocycles. The van der Waals surface area contributed by atoms with Gasteiger partial charge >= 0.3 is 0 Å². The van der Waals surface area contributed by atoms with Gasteiger partial charge in [-0.05, 0) is 19.1 Å². The zero-order valence-corrected chi connectivity index (χ0v) is 13.9. The Kier molecular flexibility index (Phi) is 4.13. The van der Waals surface area contributed by atoms with Crippen molar-refractivity contribution in [1.82, 2.24) is 24.5 Å². The van der Waals surface area contributed by atoms with Crippen LogP contribution in [0.2, 0.25) is 5.02 Å². The molecular formula is C12H12ClN5O2S2. The van der Waals surface area contributed by atoms with Crippen molar-refractivity contribution in [3.05, 3.63) is 40.1 Å². The van der Waals surface area contributed by atoms with Crippen LogP contribution >= 0.6 is 22.9 Å². The lowest BCUT2D eigenvalue weighted by Gasteiger charge is -2.07. The van der Waals surface area contributed by atoms with Crippen LogP contribution in [0, 0.1) is 6.92 Å². The maximum Gasteiger partial charge on any atom is 0.242 e. The van der Waals surface area contributed by atoms with Crippen molar-refractivity contribution < 1.29 is 8.42 Å². The molecule has 0 bridgehead atoms. The monoisotopic (exact) mass is 357 g/mol. The molecule has 116 valence electrons. The molecule has 2 heterocycles. The molecule has 0 saturated heterocycles. The largest absolute Gasteiger partial charge is 0.242 e. The Morgan fingerprint density at radius 2 is 2.09 bits per heavy atom. The molecule has 0 fully saturated rings. The number of nitrogens with one attached hydrogen (secondary N) is 1. The standard InChI is InChI=1S/C12H12ClN5O2S2/c1-8-15-16-12-18(8)17-11(21-12)6-7-14-22(19,20)10-5-3-2-4-9(10)13/h2-5,14H,6-7H2,1H3. The molecule has 10 heteroatoms. The van der Waals surface area contributed by atoms with Gasteiger partial charge in [0, 0.05) is 13.0 Å². The highest BCUT2D eigenvalue weighted by Crippen LogP contribution is 2.20. The maximum absolute atomic E-state index is 12.2. The third-order valence-corrected chi connectivity index (χ3v) is 5.87. The summed E-state index contributed by atoms with van der Waals surface area (Å²) in [6.07, 6.45) is 0.469. The Labute approximate surface area is 136 Å². The Balaban J connectivity index is 1.68. The van der Waals surface area contributed by atoms with Gasteiger partial charge in [0.1, 0.15) is 9.90 Å². The number of aromatic nitrogens is 4. The zero-order valence-electron chi connectivity index (χ0n) is 11.5. The van der Waals surface area contributed by atoms with Gasteiger partial charge in [0.05, 0.1) is 5.02 Å². The number of rotatable bonds is 5. The molecule has 0 saturated carbocycles.